The highest BCUT2D eigenvalue weighted by Crippen LogP contribution is 2.12. The molecular weight excluding hydrogens is 202 g/mol. The Kier molecular flexibility index (Phi) is 3.22. The van der Waals surface area contributed by atoms with Crippen LogP contribution in [0.15, 0.2) is 35.1 Å². The van der Waals surface area contributed by atoms with E-state index in [1.165, 1.54) is 0 Å². The molecule has 84 valence electrons. The first-order chi connectivity index (χ1) is 7.81. The van der Waals surface area contributed by atoms with Crippen molar-refractivity contribution >= 4 is 16.6 Å². The number of hydrogen-bond acceptors (Lipinski definition) is 3. The van der Waals surface area contributed by atoms with Crippen molar-refractivity contribution in [3.63, 3.8) is 0 Å². The van der Waals surface area contributed by atoms with Crippen LogP contribution in [0.25, 0.3) is 10.9 Å². The van der Waals surface area contributed by atoms with Crippen molar-refractivity contribution in [1.29, 1.82) is 0 Å². The van der Waals surface area contributed by atoms with E-state index in [2.05, 4.69) is 10.3 Å². The SMILES string of the molecule is NCCCNc1cc2ccccc2[nH]c1=O. The van der Waals surface area contributed by atoms with Crippen molar-refractivity contribution in [2.45, 2.75) is 6.42 Å². The Balaban J connectivity index is 2.31. The molecule has 0 atom stereocenters. The summed E-state index contributed by atoms with van der Waals surface area (Å²) in [6.45, 7) is 1.34. The van der Waals surface area contributed by atoms with Crippen LogP contribution in [0.1, 0.15) is 6.42 Å². The smallest absolute Gasteiger partial charge is 0.271 e. The summed E-state index contributed by atoms with van der Waals surface area (Å²) in [4.78, 5) is 14.5. The summed E-state index contributed by atoms with van der Waals surface area (Å²) in [5.74, 6) is 0. The molecule has 2 rings (SSSR count). The minimum absolute atomic E-state index is 0.0873. The lowest BCUT2D eigenvalue weighted by Gasteiger charge is -2.05. The van der Waals surface area contributed by atoms with Gasteiger partial charge in [-0.1, -0.05) is 18.2 Å². The number of fused-ring (bicyclic) bond motifs is 1. The number of rotatable bonds is 4. The number of pyridine rings is 1. The lowest BCUT2D eigenvalue weighted by atomic mass is 10.2. The second-order valence-corrected chi connectivity index (χ2v) is 3.67. The Morgan fingerprint density at radius 3 is 2.94 bits per heavy atom. The maximum atomic E-state index is 11.7. The second-order valence-electron chi connectivity index (χ2n) is 3.67. The van der Waals surface area contributed by atoms with Crippen molar-refractivity contribution in [1.82, 2.24) is 4.98 Å². The number of nitrogens with two attached hydrogens (primary N) is 1. The van der Waals surface area contributed by atoms with Gasteiger partial charge in [-0.2, -0.15) is 0 Å². The number of para-hydroxylation sites is 1. The van der Waals surface area contributed by atoms with Crippen molar-refractivity contribution in [3.05, 3.63) is 40.7 Å². The van der Waals surface area contributed by atoms with Gasteiger partial charge in [0.1, 0.15) is 5.69 Å². The molecule has 1 heterocycles. The van der Waals surface area contributed by atoms with Gasteiger partial charge < -0.3 is 16.0 Å². The number of aromatic amines is 1. The van der Waals surface area contributed by atoms with Crippen LogP contribution in [-0.4, -0.2) is 18.1 Å². The first-order valence-corrected chi connectivity index (χ1v) is 5.37. The summed E-state index contributed by atoms with van der Waals surface area (Å²) in [7, 11) is 0. The van der Waals surface area contributed by atoms with Crippen LogP contribution in [-0.2, 0) is 0 Å². The zero-order valence-electron chi connectivity index (χ0n) is 8.99. The number of H-pyrrole nitrogens is 1. The molecule has 16 heavy (non-hydrogen) atoms. The predicted molar refractivity (Wildman–Crippen MR) is 66.7 cm³/mol. The van der Waals surface area contributed by atoms with Crippen molar-refractivity contribution in [2.75, 3.05) is 18.4 Å². The second kappa shape index (κ2) is 4.81. The van der Waals surface area contributed by atoms with Gasteiger partial charge in [-0.3, -0.25) is 4.79 Å². The molecule has 4 nitrogen and oxygen atoms in total. The molecule has 4 N–H and O–H groups in total. The summed E-state index contributed by atoms with van der Waals surface area (Å²) in [5.41, 5.74) is 6.77. The summed E-state index contributed by atoms with van der Waals surface area (Å²) >= 11 is 0. The Hall–Kier alpha value is -1.81. The standard InChI is InChI=1S/C12H15N3O/c13-6-3-7-14-11-8-9-4-1-2-5-10(9)15-12(11)16/h1-2,4-5,8,14H,3,6-7,13H2,(H,15,16). The third-order valence-corrected chi connectivity index (χ3v) is 2.45. The first-order valence-electron chi connectivity index (χ1n) is 5.37. The molecule has 1 aromatic heterocycles. The van der Waals surface area contributed by atoms with Crippen molar-refractivity contribution in [3.8, 4) is 0 Å². The van der Waals surface area contributed by atoms with Gasteiger partial charge in [0.25, 0.3) is 5.56 Å². The maximum absolute atomic E-state index is 11.7. The fourth-order valence-electron chi connectivity index (χ4n) is 1.60. The average Bonchev–Trinajstić information content (AvgIpc) is 2.30. The Labute approximate surface area is 93.5 Å². The normalized spacial score (nSPS) is 10.6. The summed E-state index contributed by atoms with van der Waals surface area (Å²) in [6, 6.07) is 9.58. The molecule has 0 aliphatic heterocycles. The molecule has 0 aliphatic carbocycles. The number of benzene rings is 1. The summed E-state index contributed by atoms with van der Waals surface area (Å²) < 4.78 is 0. The van der Waals surface area contributed by atoms with Gasteiger partial charge in [0, 0.05) is 17.4 Å². The van der Waals surface area contributed by atoms with Crippen LogP contribution in [0, 0.1) is 0 Å². The number of nitrogens with one attached hydrogen (secondary N) is 2. The first kappa shape index (κ1) is 10.7. The fraction of sp³-hybridized carbons (Fsp3) is 0.250. The Bertz CT molecular complexity index is 533. The molecule has 0 saturated heterocycles. The van der Waals surface area contributed by atoms with Crippen LogP contribution in [0.3, 0.4) is 0 Å². The van der Waals surface area contributed by atoms with E-state index in [4.69, 9.17) is 5.73 Å². The van der Waals surface area contributed by atoms with E-state index in [-0.39, 0.29) is 5.56 Å². The van der Waals surface area contributed by atoms with Crippen LogP contribution in [0.2, 0.25) is 0 Å². The lowest BCUT2D eigenvalue weighted by molar-refractivity contribution is 0.873. The molecule has 0 amide bonds. The highest BCUT2D eigenvalue weighted by Gasteiger charge is 2.00. The van der Waals surface area contributed by atoms with E-state index in [1.54, 1.807) is 0 Å². The van der Waals surface area contributed by atoms with E-state index in [0.29, 0.717) is 12.2 Å². The largest absolute Gasteiger partial charge is 0.381 e. The Morgan fingerprint density at radius 1 is 1.31 bits per heavy atom. The van der Waals surface area contributed by atoms with Crippen LogP contribution in [0.5, 0.6) is 0 Å². The van der Waals surface area contributed by atoms with Crippen LogP contribution >= 0.6 is 0 Å². The molecule has 1 aromatic carbocycles. The Morgan fingerprint density at radius 2 is 2.12 bits per heavy atom. The van der Waals surface area contributed by atoms with Gasteiger partial charge in [-0.05, 0) is 25.1 Å². The zero-order valence-corrected chi connectivity index (χ0v) is 8.99. The minimum Gasteiger partial charge on any atom is -0.381 e. The number of aromatic nitrogens is 1. The maximum Gasteiger partial charge on any atom is 0.271 e. The molecule has 4 heteroatoms. The third-order valence-electron chi connectivity index (χ3n) is 2.45. The predicted octanol–water partition coefficient (Wildman–Crippen LogP) is 1.29. The van der Waals surface area contributed by atoms with Gasteiger partial charge in [-0.25, -0.2) is 0 Å². The zero-order chi connectivity index (χ0) is 11.4. The van der Waals surface area contributed by atoms with E-state index >= 15 is 0 Å². The van der Waals surface area contributed by atoms with Crippen molar-refractivity contribution in [2.24, 2.45) is 5.73 Å². The third kappa shape index (κ3) is 2.23. The van der Waals surface area contributed by atoms with E-state index in [9.17, 15) is 4.79 Å². The molecule has 0 unspecified atom stereocenters. The minimum atomic E-state index is -0.0873. The molecule has 0 aliphatic rings. The van der Waals surface area contributed by atoms with Gasteiger partial charge in [-0.15, -0.1) is 0 Å². The topological polar surface area (TPSA) is 70.9 Å². The van der Waals surface area contributed by atoms with Gasteiger partial charge in [0.15, 0.2) is 0 Å². The van der Waals surface area contributed by atoms with Gasteiger partial charge in [0.05, 0.1) is 0 Å². The quantitative estimate of drug-likeness (QED) is 0.676. The van der Waals surface area contributed by atoms with Crippen LogP contribution < -0.4 is 16.6 Å². The fourth-order valence-corrected chi connectivity index (χ4v) is 1.60. The van der Waals surface area contributed by atoms with Crippen LogP contribution in [0.4, 0.5) is 5.69 Å². The molecule has 0 radical (unpaired) electrons. The summed E-state index contributed by atoms with van der Waals surface area (Å²) in [6.07, 6.45) is 0.853. The van der Waals surface area contributed by atoms with E-state index in [0.717, 1.165) is 23.9 Å². The molecule has 0 bridgehead atoms. The van der Waals surface area contributed by atoms with E-state index in [1.807, 2.05) is 30.3 Å². The number of anilines is 1. The monoisotopic (exact) mass is 217 g/mol. The molecule has 2 aromatic rings. The highest BCUT2D eigenvalue weighted by molar-refractivity contribution is 5.81. The van der Waals surface area contributed by atoms with Gasteiger partial charge >= 0.3 is 0 Å². The van der Waals surface area contributed by atoms with Gasteiger partial charge in [0.2, 0.25) is 0 Å². The molecule has 0 saturated carbocycles. The molecule has 0 spiro atoms. The molecular formula is C12H15N3O. The lowest BCUT2D eigenvalue weighted by Crippen LogP contribution is -2.16. The average molecular weight is 217 g/mol. The van der Waals surface area contributed by atoms with E-state index < -0.39 is 0 Å². The molecule has 0 fully saturated rings. The highest BCUT2D eigenvalue weighted by atomic mass is 16.1. The van der Waals surface area contributed by atoms with Crippen molar-refractivity contribution < 1.29 is 0 Å². The number of hydrogen-bond donors (Lipinski definition) is 3. The summed E-state index contributed by atoms with van der Waals surface area (Å²) in [5, 5.41) is 4.11.